The first-order chi connectivity index (χ1) is 10.3. The maximum atomic E-state index is 12.2. The number of hydrogen-bond acceptors (Lipinski definition) is 6. The molecule has 8 heteroatoms. The molecule has 2 heterocycles. The van der Waals surface area contributed by atoms with Crippen LogP contribution in [0.3, 0.4) is 0 Å². The number of nitrogens with zero attached hydrogens (tertiary/aromatic N) is 3. The molecule has 1 aliphatic carbocycles. The van der Waals surface area contributed by atoms with Gasteiger partial charge in [-0.25, -0.2) is 13.1 Å². The van der Waals surface area contributed by atoms with Crippen molar-refractivity contribution in [2.45, 2.75) is 51.4 Å². The van der Waals surface area contributed by atoms with Crippen LogP contribution in [0.25, 0.3) is 0 Å². The summed E-state index contributed by atoms with van der Waals surface area (Å²) in [4.78, 5) is 6.42. The summed E-state index contributed by atoms with van der Waals surface area (Å²) in [6, 6.07) is -0.0328. The zero-order chi connectivity index (χ0) is 15.9. The molecule has 22 heavy (non-hydrogen) atoms. The van der Waals surface area contributed by atoms with E-state index in [0.29, 0.717) is 36.6 Å². The molecule has 7 nitrogen and oxygen atoms in total. The number of hydrogen-bond donors (Lipinski definition) is 1. The summed E-state index contributed by atoms with van der Waals surface area (Å²) in [5.74, 6) is 1.94. The maximum absolute atomic E-state index is 12.2. The van der Waals surface area contributed by atoms with Gasteiger partial charge in [0, 0.05) is 19.1 Å². The van der Waals surface area contributed by atoms with Crippen LogP contribution in [0, 0.1) is 18.8 Å². The summed E-state index contributed by atoms with van der Waals surface area (Å²) >= 11 is 0. The minimum Gasteiger partial charge on any atom is -0.338 e. The first kappa shape index (κ1) is 15.9. The predicted octanol–water partition coefficient (Wildman–Crippen LogP) is 0.916. The van der Waals surface area contributed by atoms with Crippen LogP contribution in [0.15, 0.2) is 4.52 Å². The monoisotopic (exact) mass is 328 g/mol. The highest BCUT2D eigenvalue weighted by Crippen LogP contribution is 2.31. The largest absolute Gasteiger partial charge is 0.338 e. The Labute approximate surface area is 131 Å². The molecule has 0 amide bonds. The van der Waals surface area contributed by atoms with E-state index in [1.807, 2.05) is 0 Å². The summed E-state index contributed by atoms with van der Waals surface area (Å²) in [5.41, 5.74) is 0. The Morgan fingerprint density at radius 3 is 2.64 bits per heavy atom. The minimum atomic E-state index is -3.16. The highest BCUT2D eigenvalue weighted by molar-refractivity contribution is 7.90. The van der Waals surface area contributed by atoms with Crippen molar-refractivity contribution in [1.82, 2.24) is 19.8 Å². The van der Waals surface area contributed by atoms with Gasteiger partial charge < -0.3 is 4.52 Å². The Balaban J connectivity index is 1.66. The van der Waals surface area contributed by atoms with Gasteiger partial charge in [-0.3, -0.25) is 4.90 Å². The zero-order valence-electron chi connectivity index (χ0n) is 13.3. The van der Waals surface area contributed by atoms with Crippen molar-refractivity contribution in [2.75, 3.05) is 13.1 Å². The van der Waals surface area contributed by atoms with Gasteiger partial charge in [-0.15, -0.1) is 0 Å². The van der Waals surface area contributed by atoms with Gasteiger partial charge in [0.05, 0.1) is 11.8 Å². The van der Waals surface area contributed by atoms with Gasteiger partial charge in [-0.05, 0) is 31.6 Å². The smallest absolute Gasteiger partial charge is 0.240 e. The van der Waals surface area contributed by atoms with Crippen LogP contribution in [-0.2, 0) is 16.6 Å². The Kier molecular flexibility index (Phi) is 4.26. The fourth-order valence-electron chi connectivity index (χ4n) is 3.12. The summed E-state index contributed by atoms with van der Waals surface area (Å²) in [7, 11) is -3.16. The molecule has 1 aliphatic heterocycles. The minimum absolute atomic E-state index is 0.0328. The number of sulfonamides is 1. The quantitative estimate of drug-likeness (QED) is 0.835. The Hall–Kier alpha value is -0.990. The van der Waals surface area contributed by atoms with Crippen LogP contribution in [0.1, 0.15) is 38.4 Å². The highest BCUT2D eigenvalue weighted by Gasteiger charge is 2.42. The molecule has 2 aliphatic rings. The molecule has 3 rings (SSSR count). The van der Waals surface area contributed by atoms with Crippen molar-refractivity contribution < 1.29 is 12.9 Å². The molecule has 1 aromatic heterocycles. The Morgan fingerprint density at radius 2 is 2.09 bits per heavy atom. The normalized spacial score (nSPS) is 26.9. The lowest BCUT2D eigenvalue weighted by molar-refractivity contribution is 0.251. The first-order valence-corrected chi connectivity index (χ1v) is 9.42. The standard InChI is InChI=1S/C14H24N4O3S/c1-9(2)12-6-18(8-14-15-10(3)16-21-14)7-13(12)17-22(19,20)11-4-5-11/h9,11-13,17H,4-8H2,1-3H3/t12-,13+/m0/s1. The molecule has 124 valence electrons. The SMILES string of the molecule is Cc1noc(CN2C[C@@H](NS(=O)(=O)C3CC3)[C@H](C(C)C)C2)n1. The van der Waals surface area contributed by atoms with Crippen LogP contribution < -0.4 is 4.72 Å². The van der Waals surface area contributed by atoms with E-state index in [4.69, 9.17) is 4.52 Å². The van der Waals surface area contributed by atoms with Gasteiger partial charge in [0.25, 0.3) is 0 Å². The average Bonchev–Trinajstić information content (AvgIpc) is 3.11. The Morgan fingerprint density at radius 1 is 1.36 bits per heavy atom. The van der Waals surface area contributed by atoms with Crippen LogP contribution in [0.5, 0.6) is 0 Å². The molecule has 2 atom stereocenters. The van der Waals surface area contributed by atoms with E-state index in [9.17, 15) is 8.42 Å². The van der Waals surface area contributed by atoms with Gasteiger partial charge in [0.2, 0.25) is 15.9 Å². The number of aryl methyl sites for hydroxylation is 1. The zero-order valence-corrected chi connectivity index (χ0v) is 14.1. The van der Waals surface area contributed by atoms with Crippen LogP contribution in [0.2, 0.25) is 0 Å². The molecule has 0 aromatic carbocycles. The molecule has 0 bridgehead atoms. The van der Waals surface area contributed by atoms with Crippen molar-refractivity contribution in [2.24, 2.45) is 11.8 Å². The molecule has 1 N–H and O–H groups in total. The topological polar surface area (TPSA) is 88.3 Å². The number of likely N-dealkylation sites (tertiary alicyclic amines) is 1. The van der Waals surface area contributed by atoms with Crippen LogP contribution >= 0.6 is 0 Å². The van der Waals surface area contributed by atoms with Gasteiger partial charge in [-0.2, -0.15) is 4.98 Å². The third-order valence-corrected chi connectivity index (χ3v) is 6.48. The van der Waals surface area contributed by atoms with Crippen molar-refractivity contribution >= 4 is 10.0 Å². The number of aromatic nitrogens is 2. The van der Waals surface area contributed by atoms with Crippen molar-refractivity contribution in [1.29, 1.82) is 0 Å². The van der Waals surface area contributed by atoms with Crippen molar-refractivity contribution in [3.05, 3.63) is 11.7 Å². The lowest BCUT2D eigenvalue weighted by Gasteiger charge is -2.22. The third-order valence-electron chi connectivity index (χ3n) is 4.50. The van der Waals surface area contributed by atoms with Crippen molar-refractivity contribution in [3.63, 3.8) is 0 Å². The fraction of sp³-hybridized carbons (Fsp3) is 0.857. The van der Waals surface area contributed by atoms with Crippen molar-refractivity contribution in [3.8, 4) is 0 Å². The van der Waals surface area contributed by atoms with Crippen LogP contribution in [0.4, 0.5) is 0 Å². The third kappa shape index (κ3) is 3.49. The lowest BCUT2D eigenvalue weighted by Crippen LogP contribution is -2.43. The van der Waals surface area contributed by atoms with E-state index < -0.39 is 10.0 Å². The van der Waals surface area contributed by atoms with E-state index in [1.54, 1.807) is 6.92 Å². The maximum Gasteiger partial charge on any atom is 0.240 e. The second-order valence-electron chi connectivity index (χ2n) is 6.81. The first-order valence-electron chi connectivity index (χ1n) is 7.88. The molecule has 2 fully saturated rings. The van der Waals surface area contributed by atoms with E-state index >= 15 is 0 Å². The van der Waals surface area contributed by atoms with Crippen LogP contribution in [-0.4, -0.2) is 47.8 Å². The summed E-state index contributed by atoms with van der Waals surface area (Å²) in [6.45, 7) is 8.19. The van der Waals surface area contributed by atoms with E-state index in [-0.39, 0.29) is 11.3 Å². The van der Waals surface area contributed by atoms with E-state index in [2.05, 4.69) is 33.6 Å². The molecule has 1 saturated heterocycles. The second-order valence-corrected chi connectivity index (χ2v) is 8.80. The summed E-state index contributed by atoms with van der Waals surface area (Å²) in [5, 5.41) is 3.63. The lowest BCUT2D eigenvalue weighted by atomic mass is 9.92. The van der Waals surface area contributed by atoms with E-state index in [1.165, 1.54) is 0 Å². The van der Waals surface area contributed by atoms with Gasteiger partial charge in [-0.1, -0.05) is 19.0 Å². The number of rotatable bonds is 6. The molecule has 0 spiro atoms. The summed E-state index contributed by atoms with van der Waals surface area (Å²) in [6.07, 6.45) is 1.58. The molecule has 1 saturated carbocycles. The fourth-order valence-corrected chi connectivity index (χ4v) is 4.74. The van der Waals surface area contributed by atoms with Gasteiger partial charge in [0.1, 0.15) is 0 Å². The Bertz CT molecular complexity index is 624. The molecular formula is C14H24N4O3S. The molecule has 0 radical (unpaired) electrons. The molecule has 0 unspecified atom stereocenters. The number of nitrogens with one attached hydrogen (secondary N) is 1. The average molecular weight is 328 g/mol. The molecule has 1 aromatic rings. The van der Waals surface area contributed by atoms with Gasteiger partial charge >= 0.3 is 0 Å². The second kappa shape index (κ2) is 5.90. The van der Waals surface area contributed by atoms with E-state index in [0.717, 1.165) is 19.4 Å². The highest BCUT2D eigenvalue weighted by atomic mass is 32.2. The predicted molar refractivity (Wildman–Crippen MR) is 81.5 cm³/mol. The summed E-state index contributed by atoms with van der Waals surface area (Å²) < 4.78 is 32.5. The van der Waals surface area contributed by atoms with Gasteiger partial charge in [0.15, 0.2) is 5.82 Å². The molecular weight excluding hydrogens is 304 g/mol.